The van der Waals surface area contributed by atoms with Gasteiger partial charge in [-0.3, -0.25) is 0 Å². The number of rotatable bonds is 1. The van der Waals surface area contributed by atoms with Gasteiger partial charge in [-0.05, 0) is 20.8 Å². The predicted octanol–water partition coefficient (Wildman–Crippen LogP) is 1.42. The van der Waals surface area contributed by atoms with Crippen molar-refractivity contribution in [3.8, 4) is 0 Å². The standard InChI is InChI=1S/C7H13BO2/c1-4-5-8-9-6-7(2,3)10-8/h4-5H,6H2,1-3H3/b5-4+. The molecule has 1 heterocycles. The zero-order chi connectivity index (χ0) is 7.61. The molecule has 10 heavy (non-hydrogen) atoms. The Balaban J connectivity index is 2.43. The fourth-order valence-electron chi connectivity index (χ4n) is 0.917. The normalized spacial score (nSPS) is 24.5. The first-order chi connectivity index (χ1) is 4.64. The van der Waals surface area contributed by atoms with E-state index < -0.39 is 0 Å². The Bertz CT molecular complexity index is 143. The molecule has 0 saturated carbocycles. The summed E-state index contributed by atoms with van der Waals surface area (Å²) < 4.78 is 10.8. The summed E-state index contributed by atoms with van der Waals surface area (Å²) in [5, 5.41) is 0. The van der Waals surface area contributed by atoms with Gasteiger partial charge in [0.15, 0.2) is 0 Å². The van der Waals surface area contributed by atoms with Crippen LogP contribution in [0.25, 0.3) is 0 Å². The van der Waals surface area contributed by atoms with Crippen molar-refractivity contribution in [3.05, 3.63) is 12.1 Å². The molecule has 0 radical (unpaired) electrons. The van der Waals surface area contributed by atoms with E-state index >= 15 is 0 Å². The highest BCUT2D eigenvalue weighted by atomic mass is 16.7. The molecule has 0 aliphatic carbocycles. The molecule has 0 N–H and O–H groups in total. The molecule has 1 aliphatic rings. The molecule has 1 aliphatic heterocycles. The second-order valence-electron chi connectivity index (χ2n) is 3.08. The molecule has 56 valence electrons. The van der Waals surface area contributed by atoms with E-state index in [0.29, 0.717) is 6.61 Å². The van der Waals surface area contributed by atoms with Crippen molar-refractivity contribution in [3.63, 3.8) is 0 Å². The molecular weight excluding hydrogens is 127 g/mol. The third-order valence-corrected chi connectivity index (χ3v) is 1.38. The molecule has 0 amide bonds. The molecule has 0 aromatic heterocycles. The van der Waals surface area contributed by atoms with Crippen LogP contribution in [-0.2, 0) is 9.31 Å². The summed E-state index contributed by atoms with van der Waals surface area (Å²) in [7, 11) is -0.125. The lowest BCUT2D eigenvalue weighted by Crippen LogP contribution is -2.23. The number of hydrogen-bond donors (Lipinski definition) is 0. The quantitative estimate of drug-likeness (QED) is 0.512. The highest BCUT2D eigenvalue weighted by molar-refractivity contribution is 6.51. The van der Waals surface area contributed by atoms with Crippen LogP contribution >= 0.6 is 0 Å². The molecule has 0 atom stereocenters. The van der Waals surface area contributed by atoms with Gasteiger partial charge < -0.3 is 9.31 Å². The van der Waals surface area contributed by atoms with Crippen molar-refractivity contribution in [2.75, 3.05) is 6.61 Å². The van der Waals surface area contributed by atoms with E-state index in [-0.39, 0.29) is 12.7 Å². The SMILES string of the molecule is C/C=C/B1OCC(C)(C)O1. The minimum absolute atomic E-state index is 0.107. The molecule has 3 heteroatoms. The second-order valence-corrected chi connectivity index (χ2v) is 3.08. The van der Waals surface area contributed by atoms with Crippen molar-refractivity contribution < 1.29 is 9.31 Å². The molecule has 2 nitrogen and oxygen atoms in total. The molecule has 0 bridgehead atoms. The fraction of sp³-hybridized carbons (Fsp3) is 0.714. The Kier molecular flexibility index (Phi) is 2.16. The van der Waals surface area contributed by atoms with Crippen LogP contribution < -0.4 is 0 Å². The summed E-state index contributed by atoms with van der Waals surface area (Å²) in [5.74, 6) is 1.91. The molecule has 1 rings (SSSR count). The smallest absolute Gasteiger partial charge is 0.405 e. The maximum atomic E-state index is 5.48. The minimum Gasteiger partial charge on any atom is -0.405 e. The van der Waals surface area contributed by atoms with E-state index in [0.717, 1.165) is 0 Å². The lowest BCUT2D eigenvalue weighted by Gasteiger charge is -2.14. The third-order valence-electron chi connectivity index (χ3n) is 1.38. The van der Waals surface area contributed by atoms with Crippen LogP contribution in [-0.4, -0.2) is 19.3 Å². The molecule has 0 unspecified atom stereocenters. The van der Waals surface area contributed by atoms with E-state index in [9.17, 15) is 0 Å². The van der Waals surface area contributed by atoms with E-state index in [2.05, 4.69) is 0 Å². The maximum absolute atomic E-state index is 5.48. The van der Waals surface area contributed by atoms with E-state index in [4.69, 9.17) is 9.31 Å². The van der Waals surface area contributed by atoms with Crippen LogP contribution in [0, 0.1) is 0 Å². The zero-order valence-electron chi connectivity index (χ0n) is 6.76. The zero-order valence-corrected chi connectivity index (χ0v) is 6.76. The van der Waals surface area contributed by atoms with Gasteiger partial charge in [-0.15, -0.1) is 0 Å². The van der Waals surface area contributed by atoms with Gasteiger partial charge in [0.1, 0.15) is 0 Å². The Hall–Kier alpha value is -0.275. The second kappa shape index (κ2) is 2.76. The topological polar surface area (TPSA) is 18.5 Å². The van der Waals surface area contributed by atoms with Gasteiger partial charge in [0.25, 0.3) is 0 Å². The summed E-state index contributed by atoms with van der Waals surface area (Å²) in [6.07, 6.45) is 1.94. The summed E-state index contributed by atoms with van der Waals surface area (Å²) in [6, 6.07) is 0. The number of allylic oxidation sites excluding steroid dienone is 1. The van der Waals surface area contributed by atoms with Crippen molar-refractivity contribution in [2.24, 2.45) is 0 Å². The van der Waals surface area contributed by atoms with Crippen LogP contribution in [0.15, 0.2) is 12.1 Å². The van der Waals surface area contributed by atoms with Crippen LogP contribution in [0.1, 0.15) is 20.8 Å². The average molecular weight is 140 g/mol. The highest BCUT2D eigenvalue weighted by Gasteiger charge is 2.34. The van der Waals surface area contributed by atoms with Crippen molar-refractivity contribution in [1.29, 1.82) is 0 Å². The molecule has 0 aromatic carbocycles. The molecule has 0 spiro atoms. The van der Waals surface area contributed by atoms with Gasteiger partial charge in [-0.25, -0.2) is 0 Å². The van der Waals surface area contributed by atoms with Crippen LogP contribution in [0.2, 0.25) is 0 Å². The van der Waals surface area contributed by atoms with Gasteiger partial charge >= 0.3 is 7.12 Å². The van der Waals surface area contributed by atoms with Crippen molar-refractivity contribution in [2.45, 2.75) is 26.4 Å². The molecule has 1 fully saturated rings. The summed E-state index contributed by atoms with van der Waals surface area (Å²) in [4.78, 5) is 0. The van der Waals surface area contributed by atoms with Gasteiger partial charge in [0.05, 0.1) is 12.2 Å². The average Bonchev–Trinajstić information content (AvgIpc) is 2.12. The first-order valence-corrected chi connectivity index (χ1v) is 3.56. The monoisotopic (exact) mass is 140 g/mol. The number of hydrogen-bond acceptors (Lipinski definition) is 2. The molecular formula is C7H13BO2. The van der Waals surface area contributed by atoms with Crippen LogP contribution in [0.3, 0.4) is 0 Å². The Labute approximate surface area is 62.4 Å². The van der Waals surface area contributed by atoms with E-state index in [1.54, 1.807) is 0 Å². The van der Waals surface area contributed by atoms with Crippen LogP contribution in [0.5, 0.6) is 0 Å². The van der Waals surface area contributed by atoms with E-state index in [1.807, 2.05) is 32.8 Å². The molecule has 0 aromatic rings. The fourth-order valence-corrected chi connectivity index (χ4v) is 0.917. The Morgan fingerprint density at radius 2 is 2.20 bits per heavy atom. The van der Waals surface area contributed by atoms with Gasteiger partial charge in [-0.1, -0.05) is 12.1 Å². The van der Waals surface area contributed by atoms with Crippen LogP contribution in [0.4, 0.5) is 0 Å². The lowest BCUT2D eigenvalue weighted by molar-refractivity contribution is 0.137. The largest absolute Gasteiger partial charge is 0.486 e. The minimum atomic E-state index is -0.125. The maximum Gasteiger partial charge on any atom is 0.486 e. The summed E-state index contributed by atoms with van der Waals surface area (Å²) in [5.41, 5.74) is -0.107. The first-order valence-electron chi connectivity index (χ1n) is 3.56. The van der Waals surface area contributed by atoms with Crippen molar-refractivity contribution in [1.82, 2.24) is 0 Å². The first kappa shape index (κ1) is 7.83. The van der Waals surface area contributed by atoms with Gasteiger partial charge in [0.2, 0.25) is 0 Å². The summed E-state index contributed by atoms with van der Waals surface area (Å²) in [6.45, 7) is 6.69. The van der Waals surface area contributed by atoms with Gasteiger partial charge in [0, 0.05) is 0 Å². The van der Waals surface area contributed by atoms with Gasteiger partial charge in [-0.2, -0.15) is 0 Å². The predicted molar refractivity (Wildman–Crippen MR) is 41.7 cm³/mol. The van der Waals surface area contributed by atoms with E-state index in [1.165, 1.54) is 0 Å². The lowest BCUT2D eigenvalue weighted by atomic mass is 9.90. The summed E-state index contributed by atoms with van der Waals surface area (Å²) >= 11 is 0. The molecule has 1 saturated heterocycles. The highest BCUT2D eigenvalue weighted by Crippen LogP contribution is 2.19. The Morgan fingerprint density at radius 1 is 1.50 bits per heavy atom. The van der Waals surface area contributed by atoms with Crippen molar-refractivity contribution >= 4 is 7.12 Å². The third kappa shape index (κ3) is 1.85. The Morgan fingerprint density at radius 3 is 2.60 bits per heavy atom.